The molecule has 118 valence electrons. The van der Waals surface area contributed by atoms with Crippen LogP contribution in [0, 0.1) is 6.92 Å². The van der Waals surface area contributed by atoms with Crippen LogP contribution in [0.3, 0.4) is 0 Å². The Labute approximate surface area is 137 Å². The Morgan fingerprint density at radius 2 is 1.96 bits per heavy atom. The van der Waals surface area contributed by atoms with Gasteiger partial charge in [-0.05, 0) is 43.3 Å². The smallest absolute Gasteiger partial charge is 0.255 e. The van der Waals surface area contributed by atoms with Crippen molar-refractivity contribution in [2.45, 2.75) is 11.8 Å². The van der Waals surface area contributed by atoms with Gasteiger partial charge in [0, 0.05) is 17.5 Å². The van der Waals surface area contributed by atoms with Gasteiger partial charge in [0.25, 0.3) is 5.91 Å². The molecule has 1 heterocycles. The van der Waals surface area contributed by atoms with Crippen molar-refractivity contribution in [1.29, 1.82) is 0 Å². The van der Waals surface area contributed by atoms with Crippen molar-refractivity contribution < 1.29 is 13.2 Å². The molecule has 0 aliphatic carbocycles. The largest absolute Gasteiger partial charge is 0.322 e. The maximum Gasteiger partial charge on any atom is 0.255 e. The summed E-state index contributed by atoms with van der Waals surface area (Å²) in [6.07, 6.45) is 1.12. The average Bonchev–Trinajstić information content (AvgIpc) is 2.86. The standard InChI is InChI=1S/C16H14N2O3S2/c1-10-17-14-7-6-12(9-15(14)22-10)18-16(19)11-4-3-5-13(8-11)23(2,20)21/h3-9H,1-2H3,(H,18,19). The summed E-state index contributed by atoms with van der Waals surface area (Å²) < 4.78 is 24.1. The molecule has 3 aromatic rings. The van der Waals surface area contributed by atoms with E-state index in [-0.39, 0.29) is 10.8 Å². The van der Waals surface area contributed by atoms with E-state index in [1.165, 1.54) is 12.1 Å². The predicted octanol–water partition coefficient (Wildman–Crippen LogP) is 3.26. The first-order valence-electron chi connectivity index (χ1n) is 6.81. The first-order valence-corrected chi connectivity index (χ1v) is 9.52. The number of amides is 1. The second-order valence-corrected chi connectivity index (χ2v) is 8.42. The number of rotatable bonds is 3. The molecule has 0 unspecified atom stereocenters. The Bertz CT molecular complexity index is 1010. The van der Waals surface area contributed by atoms with E-state index in [1.54, 1.807) is 29.5 Å². The third-order valence-electron chi connectivity index (χ3n) is 3.28. The minimum atomic E-state index is -3.34. The van der Waals surface area contributed by atoms with E-state index in [0.29, 0.717) is 11.3 Å². The number of thiazole rings is 1. The molecule has 1 amide bonds. The summed E-state index contributed by atoms with van der Waals surface area (Å²) in [5.41, 5.74) is 1.84. The molecule has 0 fully saturated rings. The summed E-state index contributed by atoms with van der Waals surface area (Å²) in [5.74, 6) is -0.351. The van der Waals surface area contributed by atoms with E-state index in [0.717, 1.165) is 21.5 Å². The van der Waals surface area contributed by atoms with Crippen LogP contribution in [0.2, 0.25) is 0 Å². The number of hydrogen-bond acceptors (Lipinski definition) is 5. The van der Waals surface area contributed by atoms with E-state index in [4.69, 9.17) is 0 Å². The SMILES string of the molecule is Cc1nc2ccc(NC(=O)c3cccc(S(C)(=O)=O)c3)cc2s1. The van der Waals surface area contributed by atoms with Gasteiger partial charge in [-0.1, -0.05) is 6.07 Å². The zero-order valence-electron chi connectivity index (χ0n) is 12.5. The molecule has 0 atom stereocenters. The molecule has 7 heteroatoms. The van der Waals surface area contributed by atoms with Crippen LogP contribution in [-0.4, -0.2) is 25.6 Å². The number of benzene rings is 2. The number of carbonyl (C=O) groups excluding carboxylic acids is 1. The highest BCUT2D eigenvalue weighted by Crippen LogP contribution is 2.25. The number of nitrogens with zero attached hydrogens (tertiary/aromatic N) is 1. The predicted molar refractivity (Wildman–Crippen MR) is 91.9 cm³/mol. The lowest BCUT2D eigenvalue weighted by atomic mass is 10.2. The highest BCUT2D eigenvalue weighted by atomic mass is 32.2. The Morgan fingerprint density at radius 3 is 2.70 bits per heavy atom. The summed E-state index contributed by atoms with van der Waals surface area (Å²) in [7, 11) is -3.34. The molecule has 0 radical (unpaired) electrons. The van der Waals surface area contributed by atoms with Crippen LogP contribution in [0.5, 0.6) is 0 Å². The lowest BCUT2D eigenvalue weighted by Crippen LogP contribution is -2.12. The number of aryl methyl sites for hydroxylation is 1. The summed E-state index contributed by atoms with van der Waals surface area (Å²) in [6, 6.07) is 11.5. The normalized spacial score (nSPS) is 11.6. The second-order valence-electron chi connectivity index (χ2n) is 5.17. The van der Waals surface area contributed by atoms with Crippen LogP contribution < -0.4 is 5.32 Å². The third kappa shape index (κ3) is 3.40. The fourth-order valence-corrected chi connectivity index (χ4v) is 3.72. The summed E-state index contributed by atoms with van der Waals surface area (Å²) in [4.78, 5) is 16.8. The quantitative estimate of drug-likeness (QED) is 0.790. The lowest BCUT2D eigenvalue weighted by Gasteiger charge is -2.06. The van der Waals surface area contributed by atoms with Gasteiger partial charge in [-0.15, -0.1) is 11.3 Å². The first-order chi connectivity index (χ1) is 10.8. The minimum absolute atomic E-state index is 0.124. The van der Waals surface area contributed by atoms with Crippen LogP contribution >= 0.6 is 11.3 Å². The van der Waals surface area contributed by atoms with Crippen molar-refractivity contribution in [1.82, 2.24) is 4.98 Å². The molecule has 0 saturated heterocycles. The molecule has 23 heavy (non-hydrogen) atoms. The molecule has 2 aromatic carbocycles. The molecular weight excluding hydrogens is 332 g/mol. The molecule has 1 aromatic heterocycles. The number of fused-ring (bicyclic) bond motifs is 1. The van der Waals surface area contributed by atoms with Gasteiger partial charge in [-0.25, -0.2) is 13.4 Å². The van der Waals surface area contributed by atoms with E-state index < -0.39 is 9.84 Å². The number of carbonyl (C=O) groups is 1. The van der Waals surface area contributed by atoms with Crippen LogP contribution in [0.1, 0.15) is 15.4 Å². The van der Waals surface area contributed by atoms with E-state index >= 15 is 0 Å². The zero-order chi connectivity index (χ0) is 16.6. The number of hydrogen-bond donors (Lipinski definition) is 1. The second kappa shape index (κ2) is 5.75. The molecule has 0 saturated carbocycles. The molecule has 5 nitrogen and oxygen atoms in total. The Hall–Kier alpha value is -2.25. The van der Waals surface area contributed by atoms with E-state index in [1.807, 2.05) is 19.1 Å². The van der Waals surface area contributed by atoms with Crippen molar-refractivity contribution in [3.8, 4) is 0 Å². The topological polar surface area (TPSA) is 76.1 Å². The number of sulfone groups is 1. The molecule has 0 aliphatic rings. The summed E-state index contributed by atoms with van der Waals surface area (Å²) in [6.45, 7) is 1.93. The monoisotopic (exact) mass is 346 g/mol. The van der Waals surface area contributed by atoms with Crippen molar-refractivity contribution >= 4 is 43.0 Å². The lowest BCUT2D eigenvalue weighted by molar-refractivity contribution is 0.102. The number of nitrogens with one attached hydrogen (secondary N) is 1. The molecular formula is C16H14N2O3S2. The van der Waals surface area contributed by atoms with Gasteiger partial charge in [0.05, 0.1) is 20.1 Å². The van der Waals surface area contributed by atoms with Gasteiger partial charge in [0.15, 0.2) is 9.84 Å². The molecule has 0 bridgehead atoms. The van der Waals surface area contributed by atoms with Gasteiger partial charge < -0.3 is 5.32 Å². The van der Waals surface area contributed by atoms with Crippen molar-refractivity contribution in [3.05, 3.63) is 53.0 Å². The minimum Gasteiger partial charge on any atom is -0.322 e. The highest BCUT2D eigenvalue weighted by Gasteiger charge is 2.12. The van der Waals surface area contributed by atoms with E-state index in [9.17, 15) is 13.2 Å². The molecule has 1 N–H and O–H groups in total. The first kappa shape index (κ1) is 15.6. The van der Waals surface area contributed by atoms with Gasteiger partial charge in [-0.3, -0.25) is 4.79 Å². The Kier molecular flexibility index (Phi) is 3.91. The van der Waals surface area contributed by atoms with Crippen molar-refractivity contribution in [2.24, 2.45) is 0 Å². The van der Waals surface area contributed by atoms with Crippen LogP contribution in [0.25, 0.3) is 10.2 Å². The average molecular weight is 346 g/mol. The van der Waals surface area contributed by atoms with Crippen LogP contribution in [-0.2, 0) is 9.84 Å². The zero-order valence-corrected chi connectivity index (χ0v) is 14.2. The van der Waals surface area contributed by atoms with Crippen molar-refractivity contribution in [3.63, 3.8) is 0 Å². The maximum atomic E-state index is 12.3. The fourth-order valence-electron chi connectivity index (χ4n) is 2.19. The third-order valence-corrected chi connectivity index (χ3v) is 5.32. The summed E-state index contributed by atoms with van der Waals surface area (Å²) in [5, 5.41) is 3.75. The van der Waals surface area contributed by atoms with Crippen molar-refractivity contribution in [2.75, 3.05) is 11.6 Å². The molecule has 3 rings (SSSR count). The molecule has 0 spiro atoms. The van der Waals surface area contributed by atoms with Gasteiger partial charge >= 0.3 is 0 Å². The van der Waals surface area contributed by atoms with Gasteiger partial charge in [0.1, 0.15) is 0 Å². The van der Waals surface area contributed by atoms with Crippen LogP contribution in [0.4, 0.5) is 5.69 Å². The van der Waals surface area contributed by atoms with Gasteiger partial charge in [0.2, 0.25) is 0 Å². The molecule has 0 aliphatic heterocycles. The number of aromatic nitrogens is 1. The maximum absolute atomic E-state index is 12.3. The fraction of sp³-hybridized carbons (Fsp3) is 0.125. The van der Waals surface area contributed by atoms with Crippen LogP contribution in [0.15, 0.2) is 47.4 Å². The van der Waals surface area contributed by atoms with Gasteiger partial charge in [-0.2, -0.15) is 0 Å². The Morgan fingerprint density at radius 1 is 1.17 bits per heavy atom. The summed E-state index contributed by atoms with van der Waals surface area (Å²) >= 11 is 1.55. The Balaban J connectivity index is 1.88. The highest BCUT2D eigenvalue weighted by molar-refractivity contribution is 7.90. The number of anilines is 1. The van der Waals surface area contributed by atoms with E-state index in [2.05, 4.69) is 10.3 Å².